The molecule has 156 valence electrons. The number of hydrogen-bond donors (Lipinski definition) is 2. The highest BCUT2D eigenvalue weighted by Crippen LogP contribution is 2.27. The molecule has 3 rings (SSSR count). The van der Waals surface area contributed by atoms with E-state index in [-0.39, 0.29) is 30.0 Å². The zero-order valence-corrected chi connectivity index (χ0v) is 17.0. The summed E-state index contributed by atoms with van der Waals surface area (Å²) in [5, 5.41) is 6.15. The molecule has 1 aromatic heterocycles. The minimum atomic E-state index is -0.645. The van der Waals surface area contributed by atoms with Gasteiger partial charge in [-0.1, -0.05) is 6.07 Å². The van der Waals surface area contributed by atoms with Crippen molar-refractivity contribution in [1.82, 2.24) is 15.3 Å². The van der Waals surface area contributed by atoms with Crippen LogP contribution in [-0.2, 0) is 11.3 Å². The van der Waals surface area contributed by atoms with Crippen molar-refractivity contribution in [2.75, 3.05) is 24.3 Å². The number of aromatic nitrogens is 2. The van der Waals surface area contributed by atoms with Crippen LogP contribution in [0.3, 0.4) is 0 Å². The summed E-state index contributed by atoms with van der Waals surface area (Å²) in [5.74, 6) is -0.0113. The van der Waals surface area contributed by atoms with Crippen LogP contribution in [-0.4, -0.2) is 36.0 Å². The van der Waals surface area contributed by atoms with Gasteiger partial charge in [0.15, 0.2) is 0 Å². The van der Waals surface area contributed by atoms with Crippen LogP contribution in [0, 0.1) is 24.5 Å². The van der Waals surface area contributed by atoms with Crippen LogP contribution in [0.25, 0.3) is 0 Å². The zero-order chi connectivity index (χ0) is 21.0. The normalized spacial score (nSPS) is 18.9. The lowest BCUT2D eigenvalue weighted by atomic mass is 9.85. The number of halogens is 2. The molecule has 29 heavy (non-hydrogen) atoms. The number of carbonyl (C=O) groups excluding carboxylic acids is 1. The van der Waals surface area contributed by atoms with Gasteiger partial charge >= 0.3 is 0 Å². The van der Waals surface area contributed by atoms with Gasteiger partial charge in [0.1, 0.15) is 17.5 Å². The summed E-state index contributed by atoms with van der Waals surface area (Å²) >= 11 is 0. The zero-order valence-electron chi connectivity index (χ0n) is 17.0. The van der Waals surface area contributed by atoms with Gasteiger partial charge in [-0.25, -0.2) is 13.8 Å². The lowest BCUT2D eigenvalue weighted by Gasteiger charge is -2.28. The van der Waals surface area contributed by atoms with Crippen molar-refractivity contribution >= 4 is 17.7 Å². The molecular formula is C21H27F2N5O. The maximum atomic E-state index is 13.7. The molecule has 0 radical (unpaired) electrons. The molecular weight excluding hydrogens is 376 g/mol. The summed E-state index contributed by atoms with van der Waals surface area (Å²) in [5.41, 5.74) is 1.18. The van der Waals surface area contributed by atoms with E-state index in [0.717, 1.165) is 43.3 Å². The Morgan fingerprint density at radius 1 is 1.14 bits per heavy atom. The molecule has 0 saturated heterocycles. The Bertz CT molecular complexity index is 866. The van der Waals surface area contributed by atoms with Gasteiger partial charge in [-0.05, 0) is 38.7 Å². The van der Waals surface area contributed by atoms with Gasteiger partial charge in [-0.3, -0.25) is 4.79 Å². The topological polar surface area (TPSA) is 70.2 Å². The Labute approximate surface area is 169 Å². The van der Waals surface area contributed by atoms with Gasteiger partial charge in [-0.2, -0.15) is 4.98 Å². The molecule has 2 aromatic rings. The van der Waals surface area contributed by atoms with E-state index in [1.54, 1.807) is 0 Å². The number of amides is 1. The molecule has 1 saturated carbocycles. The van der Waals surface area contributed by atoms with Crippen LogP contribution < -0.4 is 15.5 Å². The fraction of sp³-hybridized carbons (Fsp3) is 0.476. The maximum Gasteiger partial charge on any atom is 0.225 e. The van der Waals surface area contributed by atoms with E-state index in [0.29, 0.717) is 5.95 Å². The first-order valence-electron chi connectivity index (χ1n) is 9.83. The quantitative estimate of drug-likeness (QED) is 0.774. The average Bonchev–Trinajstić information content (AvgIpc) is 2.67. The first-order chi connectivity index (χ1) is 13.8. The number of hydrogen-bond acceptors (Lipinski definition) is 5. The molecule has 8 heteroatoms. The Morgan fingerprint density at radius 2 is 1.86 bits per heavy atom. The summed E-state index contributed by atoms with van der Waals surface area (Å²) in [7, 11) is 3.88. The summed E-state index contributed by atoms with van der Waals surface area (Å²) in [4.78, 5) is 23.3. The van der Waals surface area contributed by atoms with Crippen molar-refractivity contribution in [1.29, 1.82) is 0 Å². The van der Waals surface area contributed by atoms with E-state index in [2.05, 4.69) is 20.6 Å². The molecule has 0 atom stereocenters. The molecule has 1 aromatic carbocycles. The predicted molar refractivity (Wildman–Crippen MR) is 109 cm³/mol. The van der Waals surface area contributed by atoms with Crippen LogP contribution in [0.4, 0.5) is 20.5 Å². The summed E-state index contributed by atoms with van der Waals surface area (Å²) in [6, 6.07) is 5.51. The van der Waals surface area contributed by atoms with E-state index in [1.165, 1.54) is 12.1 Å². The molecule has 1 aliphatic rings. The molecule has 0 bridgehead atoms. The average molecular weight is 403 g/mol. The van der Waals surface area contributed by atoms with Gasteiger partial charge in [0.25, 0.3) is 0 Å². The fourth-order valence-corrected chi connectivity index (χ4v) is 3.52. The van der Waals surface area contributed by atoms with E-state index >= 15 is 0 Å². The Hall–Kier alpha value is -2.77. The Morgan fingerprint density at radius 3 is 2.52 bits per heavy atom. The second-order valence-electron chi connectivity index (χ2n) is 7.73. The van der Waals surface area contributed by atoms with Gasteiger partial charge in [0, 0.05) is 56.0 Å². The predicted octanol–water partition coefficient (Wildman–Crippen LogP) is 3.42. The summed E-state index contributed by atoms with van der Waals surface area (Å²) in [6.45, 7) is 2.00. The van der Waals surface area contributed by atoms with Crippen molar-refractivity contribution in [3.05, 3.63) is 47.2 Å². The van der Waals surface area contributed by atoms with E-state index < -0.39 is 11.6 Å². The van der Waals surface area contributed by atoms with E-state index in [9.17, 15) is 13.6 Å². The van der Waals surface area contributed by atoms with Crippen molar-refractivity contribution in [3.8, 4) is 0 Å². The van der Waals surface area contributed by atoms with Crippen molar-refractivity contribution < 1.29 is 13.6 Å². The first-order valence-corrected chi connectivity index (χ1v) is 9.83. The Balaban J connectivity index is 1.49. The number of nitrogens with zero attached hydrogens (tertiary/aromatic N) is 3. The molecule has 6 nitrogen and oxygen atoms in total. The molecule has 0 unspecified atom stereocenters. The van der Waals surface area contributed by atoms with E-state index in [1.807, 2.05) is 32.0 Å². The standard InChI is InChI=1S/C21H27F2N5O/c1-13-10-19(28(2)3)27-21(25-13)26-17-8-5-14(6-9-17)20(29)24-12-15-4-7-16(22)11-18(15)23/h4,7,10-11,14,17H,5-6,8-9,12H2,1-3H3,(H,24,29)(H,25,26,27)/t14-,17+. The molecule has 1 aliphatic carbocycles. The number of anilines is 2. The molecule has 1 fully saturated rings. The first kappa shape index (κ1) is 21.0. The van der Waals surface area contributed by atoms with Crippen LogP contribution in [0.15, 0.2) is 24.3 Å². The summed E-state index contributed by atoms with van der Waals surface area (Å²) in [6.07, 6.45) is 3.14. The van der Waals surface area contributed by atoms with Crippen LogP contribution in [0.2, 0.25) is 0 Å². The fourth-order valence-electron chi connectivity index (χ4n) is 3.52. The molecule has 2 N–H and O–H groups in total. The highest BCUT2D eigenvalue weighted by atomic mass is 19.1. The molecule has 1 heterocycles. The Kier molecular flexibility index (Phi) is 6.61. The van der Waals surface area contributed by atoms with Gasteiger partial charge < -0.3 is 15.5 Å². The van der Waals surface area contributed by atoms with Gasteiger partial charge in [0.2, 0.25) is 11.9 Å². The molecule has 0 aliphatic heterocycles. The van der Waals surface area contributed by atoms with Crippen molar-refractivity contribution in [2.45, 2.75) is 45.2 Å². The second-order valence-corrected chi connectivity index (χ2v) is 7.73. The van der Waals surface area contributed by atoms with Crippen LogP contribution in [0.5, 0.6) is 0 Å². The number of nitrogens with one attached hydrogen (secondary N) is 2. The maximum absolute atomic E-state index is 13.7. The van der Waals surface area contributed by atoms with Crippen molar-refractivity contribution in [3.63, 3.8) is 0 Å². The highest BCUT2D eigenvalue weighted by Gasteiger charge is 2.26. The number of carbonyl (C=O) groups is 1. The number of aryl methyl sites for hydroxylation is 1. The molecule has 0 spiro atoms. The number of rotatable bonds is 6. The van der Waals surface area contributed by atoms with Crippen molar-refractivity contribution in [2.24, 2.45) is 5.92 Å². The third kappa shape index (κ3) is 5.62. The minimum absolute atomic E-state index is 0.0631. The van der Waals surface area contributed by atoms with Crippen LogP contribution in [0.1, 0.15) is 36.9 Å². The SMILES string of the molecule is Cc1cc(N(C)C)nc(N[C@H]2CC[C@@H](C(=O)NCc3ccc(F)cc3F)CC2)n1. The second kappa shape index (κ2) is 9.15. The minimum Gasteiger partial charge on any atom is -0.363 e. The lowest BCUT2D eigenvalue weighted by Crippen LogP contribution is -2.36. The van der Waals surface area contributed by atoms with Crippen LogP contribution >= 0.6 is 0 Å². The third-order valence-corrected chi connectivity index (χ3v) is 5.20. The monoisotopic (exact) mass is 403 g/mol. The lowest BCUT2D eigenvalue weighted by molar-refractivity contribution is -0.126. The number of benzene rings is 1. The van der Waals surface area contributed by atoms with Gasteiger partial charge in [-0.15, -0.1) is 0 Å². The smallest absolute Gasteiger partial charge is 0.225 e. The van der Waals surface area contributed by atoms with E-state index in [4.69, 9.17) is 0 Å². The third-order valence-electron chi connectivity index (χ3n) is 5.20. The molecule has 1 amide bonds. The van der Waals surface area contributed by atoms with Gasteiger partial charge in [0.05, 0.1) is 0 Å². The largest absolute Gasteiger partial charge is 0.363 e. The summed E-state index contributed by atoms with van der Waals surface area (Å²) < 4.78 is 26.7. The highest BCUT2D eigenvalue weighted by molar-refractivity contribution is 5.78.